The number of unbranched alkanes of at least 4 members (excludes halogenated alkanes) is 22. The monoisotopic (exact) mass is 740 g/mol. The quantitative estimate of drug-likeness (QED) is 0.0475. The summed E-state index contributed by atoms with van der Waals surface area (Å²) in [6.07, 6.45) is 35.7. The van der Waals surface area contributed by atoms with E-state index in [9.17, 15) is 19.8 Å². The van der Waals surface area contributed by atoms with E-state index >= 15 is 0 Å². The molecule has 0 saturated carbocycles. The molecule has 0 aromatic carbocycles. The molecule has 0 bridgehead atoms. The van der Waals surface area contributed by atoms with Gasteiger partial charge in [0.1, 0.15) is 6.10 Å². The van der Waals surface area contributed by atoms with Gasteiger partial charge < -0.3 is 24.6 Å². The predicted octanol–water partition coefficient (Wildman–Crippen LogP) is 12.0. The van der Waals surface area contributed by atoms with Gasteiger partial charge >= 0.3 is 11.9 Å². The lowest BCUT2D eigenvalue weighted by molar-refractivity contribution is -0.150. The largest absolute Gasteiger partial charge is 0.466 e. The highest BCUT2D eigenvalue weighted by Gasteiger charge is 2.15. The first kappa shape index (κ1) is 50.8. The van der Waals surface area contributed by atoms with Gasteiger partial charge in [0.15, 0.2) is 0 Å². The molecule has 310 valence electrons. The van der Waals surface area contributed by atoms with Crippen molar-refractivity contribution >= 4 is 11.9 Å². The Morgan fingerprint density at radius 3 is 1.48 bits per heavy atom. The van der Waals surface area contributed by atoms with Gasteiger partial charge in [0.25, 0.3) is 0 Å². The second kappa shape index (κ2) is 41.0. The molecule has 2 N–H and O–H groups in total. The Morgan fingerprint density at radius 2 is 0.923 bits per heavy atom. The van der Waals surface area contributed by atoms with Crippen LogP contribution in [0.1, 0.15) is 233 Å². The second-order valence-corrected chi connectivity index (χ2v) is 15.7. The normalized spacial score (nSPS) is 12.2. The van der Waals surface area contributed by atoms with Crippen LogP contribution in [-0.4, -0.2) is 72.1 Å². The topological polar surface area (TPSA) is 96.3 Å². The SMILES string of the molecule is CCCCCCCCCOC(=O)CCCCCCCN(CCCO)CC(O)CCCCCC(=O)OC(CCCCCCCC)CCCCCCCC. The number of carbonyl (C=O) groups is 2. The number of aliphatic hydroxyl groups is 2. The zero-order chi connectivity index (χ0) is 38.2. The van der Waals surface area contributed by atoms with Gasteiger partial charge in [-0.05, 0) is 70.8 Å². The maximum Gasteiger partial charge on any atom is 0.306 e. The van der Waals surface area contributed by atoms with Gasteiger partial charge in [-0.1, -0.05) is 156 Å². The maximum atomic E-state index is 12.7. The molecule has 0 heterocycles. The van der Waals surface area contributed by atoms with Crippen LogP contribution in [0.25, 0.3) is 0 Å². The molecule has 0 aliphatic carbocycles. The van der Waals surface area contributed by atoms with Gasteiger partial charge in [-0.15, -0.1) is 0 Å². The van der Waals surface area contributed by atoms with Crippen LogP contribution < -0.4 is 0 Å². The lowest BCUT2D eigenvalue weighted by Crippen LogP contribution is -2.34. The van der Waals surface area contributed by atoms with Crippen molar-refractivity contribution in [3.05, 3.63) is 0 Å². The maximum absolute atomic E-state index is 12.7. The summed E-state index contributed by atoms with van der Waals surface area (Å²) >= 11 is 0. The third kappa shape index (κ3) is 37.1. The first-order chi connectivity index (χ1) is 25.5. The Hall–Kier alpha value is -1.18. The molecule has 1 atom stereocenters. The van der Waals surface area contributed by atoms with Crippen LogP contribution in [0.2, 0.25) is 0 Å². The zero-order valence-electron chi connectivity index (χ0n) is 35.0. The van der Waals surface area contributed by atoms with Crippen LogP contribution in [0, 0.1) is 0 Å². The number of hydrogen-bond acceptors (Lipinski definition) is 7. The van der Waals surface area contributed by atoms with Gasteiger partial charge in [0, 0.05) is 32.5 Å². The summed E-state index contributed by atoms with van der Waals surface area (Å²) < 4.78 is 11.4. The van der Waals surface area contributed by atoms with Crippen LogP contribution in [-0.2, 0) is 19.1 Å². The number of rotatable bonds is 42. The number of ether oxygens (including phenoxy) is 2. The molecular weight excluding hydrogens is 650 g/mol. The summed E-state index contributed by atoms with van der Waals surface area (Å²) in [6, 6.07) is 0. The van der Waals surface area contributed by atoms with E-state index in [2.05, 4.69) is 25.7 Å². The van der Waals surface area contributed by atoms with E-state index in [0.29, 0.717) is 32.4 Å². The number of carbonyl (C=O) groups excluding carboxylic acids is 2. The molecule has 0 aromatic rings. The van der Waals surface area contributed by atoms with Gasteiger partial charge in [-0.25, -0.2) is 0 Å². The minimum Gasteiger partial charge on any atom is -0.466 e. The van der Waals surface area contributed by atoms with Gasteiger partial charge in [-0.2, -0.15) is 0 Å². The van der Waals surface area contributed by atoms with Gasteiger partial charge in [0.05, 0.1) is 12.7 Å². The first-order valence-corrected chi connectivity index (χ1v) is 22.8. The highest BCUT2D eigenvalue weighted by Crippen LogP contribution is 2.19. The fraction of sp³-hybridized carbons (Fsp3) is 0.956. The molecule has 0 saturated heterocycles. The van der Waals surface area contributed by atoms with E-state index in [0.717, 1.165) is 109 Å². The minimum absolute atomic E-state index is 0.0450. The van der Waals surface area contributed by atoms with Crippen LogP contribution in [0.3, 0.4) is 0 Å². The van der Waals surface area contributed by atoms with Gasteiger partial charge in [-0.3, -0.25) is 9.59 Å². The average molecular weight is 740 g/mol. The summed E-state index contributed by atoms with van der Waals surface area (Å²) in [5.41, 5.74) is 0. The first-order valence-electron chi connectivity index (χ1n) is 22.8. The number of hydrogen-bond donors (Lipinski definition) is 2. The molecule has 7 nitrogen and oxygen atoms in total. The van der Waals surface area contributed by atoms with Crippen molar-refractivity contribution in [2.75, 3.05) is 32.8 Å². The van der Waals surface area contributed by atoms with Crippen molar-refractivity contribution in [1.29, 1.82) is 0 Å². The van der Waals surface area contributed by atoms with Crippen LogP contribution in [0.4, 0.5) is 0 Å². The van der Waals surface area contributed by atoms with Crippen molar-refractivity contribution in [3.63, 3.8) is 0 Å². The fourth-order valence-corrected chi connectivity index (χ4v) is 7.07. The van der Waals surface area contributed by atoms with E-state index in [1.807, 2.05) is 0 Å². The highest BCUT2D eigenvalue weighted by atomic mass is 16.5. The van der Waals surface area contributed by atoms with E-state index in [4.69, 9.17) is 9.47 Å². The highest BCUT2D eigenvalue weighted by molar-refractivity contribution is 5.69. The van der Waals surface area contributed by atoms with Crippen molar-refractivity contribution in [2.45, 2.75) is 245 Å². The smallest absolute Gasteiger partial charge is 0.306 e. The molecule has 0 aliphatic heterocycles. The second-order valence-electron chi connectivity index (χ2n) is 15.7. The molecular formula is C45H89NO6. The van der Waals surface area contributed by atoms with Crippen molar-refractivity contribution in [2.24, 2.45) is 0 Å². The Labute approximate surface area is 323 Å². The lowest BCUT2D eigenvalue weighted by Gasteiger charge is -2.25. The van der Waals surface area contributed by atoms with Crippen LogP contribution >= 0.6 is 0 Å². The molecule has 1 unspecified atom stereocenters. The molecule has 0 aromatic heterocycles. The molecule has 0 aliphatic rings. The minimum atomic E-state index is -0.392. The molecule has 7 heteroatoms. The van der Waals surface area contributed by atoms with Crippen molar-refractivity contribution < 1.29 is 29.3 Å². The Bertz CT molecular complexity index is 733. The average Bonchev–Trinajstić information content (AvgIpc) is 3.13. The lowest BCUT2D eigenvalue weighted by atomic mass is 10.0. The standard InChI is InChI=1S/C45H89NO6/c1-4-7-10-13-16-22-30-40-51-44(49)35-27-20-17-21-29-37-46(38-31-39-47)41-42(48)32-24-23-28-36-45(50)52-43(33-25-18-14-11-8-5-2)34-26-19-15-12-9-6-3/h42-43,47-48H,4-41H2,1-3H3. The van der Waals surface area contributed by atoms with E-state index in [1.165, 1.54) is 96.3 Å². The molecule has 52 heavy (non-hydrogen) atoms. The number of nitrogens with zero attached hydrogens (tertiary/aromatic N) is 1. The molecule has 0 spiro atoms. The Balaban J connectivity index is 4.15. The predicted molar refractivity (Wildman–Crippen MR) is 220 cm³/mol. The summed E-state index contributed by atoms with van der Waals surface area (Å²) in [4.78, 5) is 27.0. The Morgan fingerprint density at radius 1 is 0.500 bits per heavy atom. The molecule has 0 fully saturated rings. The molecule has 0 radical (unpaired) electrons. The fourth-order valence-electron chi connectivity index (χ4n) is 7.07. The van der Waals surface area contributed by atoms with E-state index < -0.39 is 6.10 Å². The van der Waals surface area contributed by atoms with Gasteiger partial charge in [0.2, 0.25) is 0 Å². The third-order valence-corrected chi connectivity index (χ3v) is 10.4. The summed E-state index contributed by atoms with van der Waals surface area (Å²) in [7, 11) is 0. The molecule has 0 amide bonds. The summed E-state index contributed by atoms with van der Waals surface area (Å²) in [5.74, 6) is -0.0993. The van der Waals surface area contributed by atoms with Crippen LogP contribution in [0.5, 0.6) is 0 Å². The van der Waals surface area contributed by atoms with E-state index in [-0.39, 0.29) is 24.6 Å². The Kier molecular flexibility index (Phi) is 40.1. The van der Waals surface area contributed by atoms with Crippen molar-refractivity contribution in [3.8, 4) is 0 Å². The zero-order valence-corrected chi connectivity index (χ0v) is 35.0. The molecule has 0 rings (SSSR count). The third-order valence-electron chi connectivity index (χ3n) is 10.4. The van der Waals surface area contributed by atoms with Crippen molar-refractivity contribution in [1.82, 2.24) is 4.90 Å². The summed E-state index contributed by atoms with van der Waals surface area (Å²) in [6.45, 7) is 9.81. The number of aliphatic hydroxyl groups excluding tert-OH is 2. The van der Waals surface area contributed by atoms with E-state index in [1.54, 1.807) is 0 Å². The number of esters is 2. The summed E-state index contributed by atoms with van der Waals surface area (Å²) in [5, 5.41) is 20.2. The van der Waals surface area contributed by atoms with Crippen LogP contribution in [0.15, 0.2) is 0 Å².